The van der Waals surface area contributed by atoms with Crippen molar-refractivity contribution in [2.24, 2.45) is 5.92 Å². The molecule has 1 aliphatic rings. The minimum Gasteiger partial charge on any atom is -0.381 e. The van der Waals surface area contributed by atoms with Crippen LogP contribution in [-0.4, -0.2) is 28.9 Å². The molecule has 3 rings (SSSR count). The molecule has 0 N–H and O–H groups in total. The van der Waals surface area contributed by atoms with Gasteiger partial charge in [-0.1, -0.05) is 6.07 Å². The van der Waals surface area contributed by atoms with Crippen LogP contribution in [0.2, 0.25) is 0 Å². The summed E-state index contributed by atoms with van der Waals surface area (Å²) in [6.07, 6.45) is 5.88. The molecule has 0 aromatic carbocycles. The van der Waals surface area contributed by atoms with Gasteiger partial charge < -0.3 is 4.74 Å². The average Bonchev–Trinajstić information content (AvgIpc) is 2.83. The zero-order valence-electron chi connectivity index (χ0n) is 10.2. The lowest BCUT2D eigenvalue weighted by atomic mass is 9.98. The SMILES string of the molecule is O=Cc1cccc2cnc(CC3CCCOC3)n12. The molecule has 2 aromatic rings. The van der Waals surface area contributed by atoms with Crippen molar-refractivity contribution in [1.82, 2.24) is 9.38 Å². The number of carbonyl (C=O) groups is 1. The van der Waals surface area contributed by atoms with Crippen molar-refractivity contribution in [3.63, 3.8) is 0 Å². The van der Waals surface area contributed by atoms with Crippen LogP contribution in [0.15, 0.2) is 24.4 Å². The van der Waals surface area contributed by atoms with Gasteiger partial charge in [-0.3, -0.25) is 9.20 Å². The zero-order valence-corrected chi connectivity index (χ0v) is 10.2. The summed E-state index contributed by atoms with van der Waals surface area (Å²) in [5.74, 6) is 1.48. The fourth-order valence-corrected chi connectivity index (χ4v) is 2.60. The zero-order chi connectivity index (χ0) is 12.4. The first-order chi connectivity index (χ1) is 8.88. The first-order valence-electron chi connectivity index (χ1n) is 6.37. The number of carbonyl (C=O) groups excluding carboxylic acids is 1. The third-order valence-corrected chi connectivity index (χ3v) is 3.50. The Kier molecular flexibility index (Phi) is 3.11. The fourth-order valence-electron chi connectivity index (χ4n) is 2.60. The summed E-state index contributed by atoms with van der Waals surface area (Å²) in [6.45, 7) is 1.68. The van der Waals surface area contributed by atoms with Crippen LogP contribution >= 0.6 is 0 Å². The number of rotatable bonds is 3. The first kappa shape index (κ1) is 11.4. The molecule has 1 atom stereocenters. The molecule has 94 valence electrons. The van der Waals surface area contributed by atoms with Gasteiger partial charge in [-0.2, -0.15) is 0 Å². The van der Waals surface area contributed by atoms with Crippen molar-refractivity contribution in [2.45, 2.75) is 19.3 Å². The molecular formula is C14H16N2O2. The number of fused-ring (bicyclic) bond motifs is 1. The van der Waals surface area contributed by atoms with Gasteiger partial charge in [-0.25, -0.2) is 4.98 Å². The lowest BCUT2D eigenvalue weighted by Crippen LogP contribution is -2.20. The molecule has 1 fully saturated rings. The van der Waals surface area contributed by atoms with Crippen molar-refractivity contribution in [3.8, 4) is 0 Å². The molecule has 4 nitrogen and oxygen atoms in total. The van der Waals surface area contributed by atoms with Gasteiger partial charge >= 0.3 is 0 Å². The van der Waals surface area contributed by atoms with E-state index in [2.05, 4.69) is 4.98 Å². The van der Waals surface area contributed by atoms with Crippen molar-refractivity contribution in [3.05, 3.63) is 35.9 Å². The van der Waals surface area contributed by atoms with Crippen molar-refractivity contribution in [2.75, 3.05) is 13.2 Å². The minimum absolute atomic E-state index is 0.518. The molecule has 0 amide bonds. The number of hydrogen-bond donors (Lipinski definition) is 0. The van der Waals surface area contributed by atoms with E-state index in [4.69, 9.17) is 4.74 Å². The lowest BCUT2D eigenvalue weighted by molar-refractivity contribution is 0.0542. The number of pyridine rings is 1. The summed E-state index contributed by atoms with van der Waals surface area (Å²) < 4.78 is 7.44. The largest absolute Gasteiger partial charge is 0.381 e. The number of imidazole rings is 1. The molecule has 0 spiro atoms. The summed E-state index contributed by atoms with van der Waals surface area (Å²) in [6, 6.07) is 5.68. The Balaban J connectivity index is 1.93. The molecule has 2 aromatic heterocycles. The van der Waals surface area contributed by atoms with Crippen molar-refractivity contribution < 1.29 is 9.53 Å². The average molecular weight is 244 g/mol. The van der Waals surface area contributed by atoms with Crippen LogP contribution in [0.1, 0.15) is 29.2 Å². The number of aromatic nitrogens is 2. The summed E-state index contributed by atoms with van der Waals surface area (Å²) >= 11 is 0. The predicted molar refractivity (Wildman–Crippen MR) is 67.8 cm³/mol. The lowest BCUT2D eigenvalue weighted by Gasteiger charge is -2.21. The van der Waals surface area contributed by atoms with Crippen LogP contribution in [0.3, 0.4) is 0 Å². The van der Waals surface area contributed by atoms with Crippen molar-refractivity contribution >= 4 is 11.8 Å². The quantitative estimate of drug-likeness (QED) is 0.777. The third kappa shape index (κ3) is 2.04. The monoisotopic (exact) mass is 244 g/mol. The van der Waals surface area contributed by atoms with Gasteiger partial charge in [-0.15, -0.1) is 0 Å². The van der Waals surface area contributed by atoms with Gasteiger partial charge in [0.1, 0.15) is 5.82 Å². The van der Waals surface area contributed by atoms with Gasteiger partial charge in [0.15, 0.2) is 6.29 Å². The van der Waals surface area contributed by atoms with E-state index >= 15 is 0 Å². The van der Waals surface area contributed by atoms with Gasteiger partial charge in [0, 0.05) is 19.6 Å². The maximum atomic E-state index is 11.1. The van der Waals surface area contributed by atoms with Gasteiger partial charge in [0.05, 0.1) is 17.4 Å². The molecule has 1 aliphatic heterocycles. The second-order valence-electron chi connectivity index (χ2n) is 4.79. The molecule has 4 heteroatoms. The van der Waals surface area contributed by atoms with Crippen LogP contribution < -0.4 is 0 Å². The second kappa shape index (κ2) is 4.90. The summed E-state index contributed by atoms with van der Waals surface area (Å²) in [5, 5.41) is 0. The molecule has 3 heterocycles. The Hall–Kier alpha value is -1.68. The summed E-state index contributed by atoms with van der Waals surface area (Å²) in [7, 11) is 0. The highest BCUT2D eigenvalue weighted by Gasteiger charge is 2.17. The molecule has 0 radical (unpaired) electrons. The van der Waals surface area contributed by atoms with Gasteiger partial charge in [-0.05, 0) is 30.9 Å². The minimum atomic E-state index is 0.518. The highest BCUT2D eigenvalue weighted by molar-refractivity contribution is 5.74. The molecule has 0 bridgehead atoms. The number of nitrogens with zero attached hydrogens (tertiary/aromatic N) is 2. The Bertz CT molecular complexity index is 556. The maximum absolute atomic E-state index is 11.1. The highest BCUT2D eigenvalue weighted by Crippen LogP contribution is 2.19. The molecule has 0 saturated carbocycles. The topological polar surface area (TPSA) is 43.6 Å². The highest BCUT2D eigenvalue weighted by atomic mass is 16.5. The van der Waals surface area contributed by atoms with Crippen LogP contribution in [0.25, 0.3) is 5.52 Å². The smallest absolute Gasteiger partial charge is 0.166 e. The third-order valence-electron chi connectivity index (χ3n) is 3.50. The number of ether oxygens (including phenoxy) is 1. The predicted octanol–water partition coefficient (Wildman–Crippen LogP) is 2.12. The molecule has 18 heavy (non-hydrogen) atoms. The Morgan fingerprint density at radius 1 is 1.50 bits per heavy atom. The van der Waals surface area contributed by atoms with E-state index in [-0.39, 0.29) is 0 Å². The van der Waals surface area contributed by atoms with Gasteiger partial charge in [0.25, 0.3) is 0 Å². The van der Waals surface area contributed by atoms with Crippen molar-refractivity contribution in [1.29, 1.82) is 0 Å². The fraction of sp³-hybridized carbons (Fsp3) is 0.429. The van der Waals surface area contributed by atoms with E-state index in [1.54, 1.807) is 0 Å². The van der Waals surface area contributed by atoms with Crippen LogP contribution in [0.5, 0.6) is 0 Å². The van der Waals surface area contributed by atoms with E-state index in [9.17, 15) is 4.79 Å². The summed E-state index contributed by atoms with van der Waals surface area (Å²) in [5.41, 5.74) is 1.64. The molecule has 1 saturated heterocycles. The van der Waals surface area contributed by atoms with E-state index in [1.807, 2.05) is 28.8 Å². The second-order valence-corrected chi connectivity index (χ2v) is 4.79. The Morgan fingerprint density at radius 2 is 2.44 bits per heavy atom. The molecule has 0 aliphatic carbocycles. The maximum Gasteiger partial charge on any atom is 0.166 e. The van der Waals surface area contributed by atoms with E-state index in [0.717, 1.165) is 43.7 Å². The van der Waals surface area contributed by atoms with E-state index < -0.39 is 0 Å². The Morgan fingerprint density at radius 3 is 3.22 bits per heavy atom. The number of hydrogen-bond acceptors (Lipinski definition) is 3. The van der Waals surface area contributed by atoms with Gasteiger partial charge in [0.2, 0.25) is 0 Å². The number of aldehydes is 1. The standard InChI is InChI=1S/C14H16N2O2/c17-9-13-5-1-4-12-8-15-14(16(12)13)7-11-3-2-6-18-10-11/h1,4-5,8-9,11H,2-3,6-7,10H2. The normalized spacial score (nSPS) is 20.1. The summed E-state index contributed by atoms with van der Waals surface area (Å²) in [4.78, 5) is 15.5. The Labute approximate surface area is 106 Å². The first-order valence-corrected chi connectivity index (χ1v) is 6.37. The van der Waals surface area contributed by atoms with Crippen LogP contribution in [0, 0.1) is 5.92 Å². The van der Waals surface area contributed by atoms with E-state index in [0.29, 0.717) is 11.6 Å². The van der Waals surface area contributed by atoms with Crippen LogP contribution in [0.4, 0.5) is 0 Å². The van der Waals surface area contributed by atoms with E-state index in [1.165, 1.54) is 6.42 Å². The van der Waals surface area contributed by atoms with Crippen LogP contribution in [-0.2, 0) is 11.2 Å². The molecule has 1 unspecified atom stereocenters. The molecular weight excluding hydrogens is 228 g/mol.